The van der Waals surface area contributed by atoms with Crippen molar-refractivity contribution in [3.63, 3.8) is 0 Å². The summed E-state index contributed by atoms with van der Waals surface area (Å²) < 4.78 is 0. The Kier molecular flexibility index (Phi) is 5.49. The number of carbonyl (C=O) groups is 1. The second-order valence-corrected chi connectivity index (χ2v) is 4.35. The van der Waals surface area contributed by atoms with Crippen LogP contribution in [-0.2, 0) is 4.79 Å². The first-order chi connectivity index (χ1) is 7.67. The molecular formula is C12H22N2O2. The van der Waals surface area contributed by atoms with E-state index < -0.39 is 0 Å². The van der Waals surface area contributed by atoms with Gasteiger partial charge >= 0.3 is 0 Å². The zero-order valence-corrected chi connectivity index (χ0v) is 9.98. The number of hydrogen-bond donors (Lipinski definition) is 2. The number of rotatable bonds is 5. The van der Waals surface area contributed by atoms with Crippen molar-refractivity contribution in [3.8, 4) is 0 Å². The van der Waals surface area contributed by atoms with Gasteiger partial charge < -0.3 is 10.4 Å². The molecule has 1 saturated heterocycles. The quantitative estimate of drug-likeness (QED) is 0.666. The standard InChI is InChI=1S/C12H22N2O2/c1-3-6-13-12(16)9-14-7-5-11(15)10(4-2)8-14/h3,10-11,15H,1,4-9H2,2H3,(H,13,16). The van der Waals surface area contributed by atoms with Crippen molar-refractivity contribution in [2.45, 2.75) is 25.9 Å². The Hall–Kier alpha value is -0.870. The average molecular weight is 226 g/mol. The minimum Gasteiger partial charge on any atom is -0.393 e. The molecule has 1 aliphatic heterocycles. The fourth-order valence-corrected chi connectivity index (χ4v) is 2.08. The number of nitrogens with one attached hydrogen (secondary N) is 1. The number of amides is 1. The number of piperidine rings is 1. The van der Waals surface area contributed by atoms with Crippen LogP contribution in [0.25, 0.3) is 0 Å². The van der Waals surface area contributed by atoms with Crippen LogP contribution >= 0.6 is 0 Å². The molecule has 2 atom stereocenters. The van der Waals surface area contributed by atoms with E-state index in [0.29, 0.717) is 19.0 Å². The third-order valence-electron chi connectivity index (χ3n) is 3.11. The summed E-state index contributed by atoms with van der Waals surface area (Å²) in [7, 11) is 0. The van der Waals surface area contributed by atoms with Gasteiger partial charge in [0, 0.05) is 19.6 Å². The number of aliphatic hydroxyl groups is 1. The molecule has 92 valence electrons. The van der Waals surface area contributed by atoms with Gasteiger partial charge in [0.25, 0.3) is 0 Å². The molecule has 1 heterocycles. The summed E-state index contributed by atoms with van der Waals surface area (Å²) in [6, 6.07) is 0. The Labute approximate surface area is 97.3 Å². The molecule has 1 amide bonds. The van der Waals surface area contributed by atoms with Gasteiger partial charge in [-0.3, -0.25) is 9.69 Å². The Bertz CT molecular complexity index is 243. The smallest absolute Gasteiger partial charge is 0.234 e. The van der Waals surface area contributed by atoms with Gasteiger partial charge in [0.15, 0.2) is 0 Å². The molecule has 16 heavy (non-hydrogen) atoms. The van der Waals surface area contributed by atoms with Gasteiger partial charge in [0.05, 0.1) is 12.6 Å². The van der Waals surface area contributed by atoms with Crippen LogP contribution in [0.4, 0.5) is 0 Å². The second-order valence-electron chi connectivity index (χ2n) is 4.35. The van der Waals surface area contributed by atoms with Gasteiger partial charge in [-0.2, -0.15) is 0 Å². The molecule has 0 aromatic carbocycles. The summed E-state index contributed by atoms with van der Waals surface area (Å²) in [6.45, 7) is 8.20. The molecule has 4 nitrogen and oxygen atoms in total. The van der Waals surface area contributed by atoms with Gasteiger partial charge in [0.2, 0.25) is 5.91 Å². The van der Waals surface area contributed by atoms with Crippen molar-refractivity contribution in [2.24, 2.45) is 5.92 Å². The summed E-state index contributed by atoms with van der Waals surface area (Å²) in [4.78, 5) is 13.6. The van der Waals surface area contributed by atoms with E-state index in [0.717, 1.165) is 25.9 Å². The van der Waals surface area contributed by atoms with E-state index in [-0.39, 0.29) is 12.0 Å². The predicted molar refractivity (Wildman–Crippen MR) is 64.1 cm³/mol. The summed E-state index contributed by atoms with van der Waals surface area (Å²) in [5.74, 6) is 0.340. The minimum atomic E-state index is -0.197. The maximum absolute atomic E-state index is 11.5. The molecule has 0 saturated carbocycles. The Morgan fingerprint density at radius 2 is 2.44 bits per heavy atom. The third kappa shape index (κ3) is 3.94. The van der Waals surface area contributed by atoms with Gasteiger partial charge in [-0.15, -0.1) is 6.58 Å². The summed E-state index contributed by atoms with van der Waals surface area (Å²) in [5.41, 5.74) is 0. The number of likely N-dealkylation sites (tertiary alicyclic amines) is 1. The lowest BCUT2D eigenvalue weighted by atomic mass is 9.92. The maximum atomic E-state index is 11.5. The fourth-order valence-electron chi connectivity index (χ4n) is 2.08. The molecule has 0 aliphatic carbocycles. The highest BCUT2D eigenvalue weighted by molar-refractivity contribution is 5.78. The molecule has 1 fully saturated rings. The zero-order valence-electron chi connectivity index (χ0n) is 9.98. The van der Waals surface area contributed by atoms with Gasteiger partial charge in [-0.25, -0.2) is 0 Å². The lowest BCUT2D eigenvalue weighted by Crippen LogP contribution is -2.47. The second kappa shape index (κ2) is 6.66. The predicted octanol–water partition coefficient (Wildman–Crippen LogP) is 0.381. The molecule has 0 aromatic rings. The van der Waals surface area contributed by atoms with Crippen molar-refractivity contribution < 1.29 is 9.90 Å². The van der Waals surface area contributed by atoms with Crippen LogP contribution in [-0.4, -0.2) is 48.2 Å². The Morgan fingerprint density at radius 3 is 3.06 bits per heavy atom. The SMILES string of the molecule is C=CCNC(=O)CN1CCC(O)C(CC)C1. The van der Waals surface area contributed by atoms with E-state index in [1.165, 1.54) is 0 Å². The lowest BCUT2D eigenvalue weighted by molar-refractivity contribution is -0.123. The summed E-state index contributed by atoms with van der Waals surface area (Å²) in [6.07, 6.45) is 3.21. The molecule has 1 rings (SSSR count). The molecule has 0 aromatic heterocycles. The highest BCUT2D eigenvalue weighted by atomic mass is 16.3. The first kappa shape index (κ1) is 13.2. The van der Waals surface area contributed by atoms with Crippen molar-refractivity contribution in [1.29, 1.82) is 0 Å². The first-order valence-electron chi connectivity index (χ1n) is 5.95. The highest BCUT2D eigenvalue weighted by Crippen LogP contribution is 2.19. The van der Waals surface area contributed by atoms with Crippen LogP contribution in [0, 0.1) is 5.92 Å². The first-order valence-corrected chi connectivity index (χ1v) is 5.95. The van der Waals surface area contributed by atoms with Crippen molar-refractivity contribution in [3.05, 3.63) is 12.7 Å². The number of aliphatic hydroxyl groups excluding tert-OH is 1. The van der Waals surface area contributed by atoms with E-state index in [9.17, 15) is 9.90 Å². The Morgan fingerprint density at radius 1 is 1.69 bits per heavy atom. The summed E-state index contributed by atoms with van der Waals surface area (Å²) in [5, 5.41) is 12.5. The monoisotopic (exact) mass is 226 g/mol. The lowest BCUT2D eigenvalue weighted by Gasteiger charge is -2.35. The molecule has 2 N–H and O–H groups in total. The van der Waals surface area contributed by atoms with E-state index in [4.69, 9.17) is 0 Å². The van der Waals surface area contributed by atoms with Gasteiger partial charge in [0.1, 0.15) is 0 Å². The van der Waals surface area contributed by atoms with E-state index in [1.54, 1.807) is 6.08 Å². The molecule has 1 aliphatic rings. The van der Waals surface area contributed by atoms with Gasteiger partial charge in [-0.05, 0) is 18.8 Å². The topological polar surface area (TPSA) is 52.6 Å². The highest BCUT2D eigenvalue weighted by Gasteiger charge is 2.26. The van der Waals surface area contributed by atoms with E-state index in [2.05, 4.69) is 23.7 Å². The minimum absolute atomic E-state index is 0.0335. The molecule has 2 unspecified atom stereocenters. The number of carbonyl (C=O) groups excluding carboxylic acids is 1. The van der Waals surface area contributed by atoms with Crippen LogP contribution in [0.3, 0.4) is 0 Å². The fraction of sp³-hybridized carbons (Fsp3) is 0.750. The van der Waals surface area contributed by atoms with Crippen LogP contribution in [0.2, 0.25) is 0 Å². The van der Waals surface area contributed by atoms with E-state index >= 15 is 0 Å². The zero-order chi connectivity index (χ0) is 12.0. The summed E-state index contributed by atoms with van der Waals surface area (Å²) >= 11 is 0. The van der Waals surface area contributed by atoms with Crippen molar-refractivity contribution >= 4 is 5.91 Å². The number of nitrogens with zero attached hydrogens (tertiary/aromatic N) is 1. The van der Waals surface area contributed by atoms with Crippen molar-refractivity contribution in [1.82, 2.24) is 10.2 Å². The normalized spacial score (nSPS) is 26.4. The largest absolute Gasteiger partial charge is 0.393 e. The van der Waals surface area contributed by atoms with Crippen molar-refractivity contribution in [2.75, 3.05) is 26.2 Å². The Balaban J connectivity index is 2.32. The van der Waals surface area contributed by atoms with E-state index in [1.807, 2.05) is 0 Å². The maximum Gasteiger partial charge on any atom is 0.234 e. The molecular weight excluding hydrogens is 204 g/mol. The van der Waals surface area contributed by atoms with Crippen LogP contribution in [0.15, 0.2) is 12.7 Å². The van der Waals surface area contributed by atoms with Crippen LogP contribution in [0.1, 0.15) is 19.8 Å². The molecule has 0 radical (unpaired) electrons. The third-order valence-corrected chi connectivity index (χ3v) is 3.11. The number of hydrogen-bond acceptors (Lipinski definition) is 3. The molecule has 0 bridgehead atoms. The van der Waals surface area contributed by atoms with Crippen LogP contribution in [0.5, 0.6) is 0 Å². The average Bonchev–Trinajstić information content (AvgIpc) is 2.29. The van der Waals surface area contributed by atoms with Gasteiger partial charge in [-0.1, -0.05) is 13.0 Å². The van der Waals surface area contributed by atoms with Crippen LogP contribution < -0.4 is 5.32 Å². The molecule has 4 heteroatoms. The molecule has 0 spiro atoms.